The number of hydrogen-bond donors (Lipinski definition) is 0. The van der Waals surface area contributed by atoms with Crippen molar-refractivity contribution in [3.63, 3.8) is 0 Å². The van der Waals surface area contributed by atoms with Gasteiger partial charge >= 0.3 is 0 Å². The van der Waals surface area contributed by atoms with Gasteiger partial charge in [0, 0.05) is 10.4 Å². The molecule has 130 valence electrons. The second-order valence-corrected chi connectivity index (χ2v) is 7.30. The molecule has 0 amide bonds. The standard InChI is InChI=1S/C22H11Cl2NO2/c23-17-6-2-5-16(22(17)25(26)27)15-10-9-13-8-7-12-3-1-4-14-11-18(24)21(15)20(13)19(12)14/h1-11H. The van der Waals surface area contributed by atoms with Crippen LogP contribution >= 0.6 is 23.2 Å². The highest BCUT2D eigenvalue weighted by Gasteiger charge is 2.23. The van der Waals surface area contributed by atoms with Gasteiger partial charge in [-0.1, -0.05) is 71.7 Å². The molecule has 5 heteroatoms. The smallest absolute Gasteiger partial charge is 0.258 e. The van der Waals surface area contributed by atoms with Crippen LogP contribution in [0.15, 0.2) is 66.7 Å². The van der Waals surface area contributed by atoms with Crippen molar-refractivity contribution in [2.24, 2.45) is 0 Å². The number of para-hydroxylation sites is 1. The van der Waals surface area contributed by atoms with Gasteiger partial charge in [-0.2, -0.15) is 0 Å². The molecule has 0 atom stereocenters. The summed E-state index contributed by atoms with van der Waals surface area (Å²) in [6.07, 6.45) is 0. The van der Waals surface area contributed by atoms with E-state index in [4.69, 9.17) is 23.2 Å². The second kappa shape index (κ2) is 5.81. The fourth-order valence-corrected chi connectivity index (χ4v) is 4.50. The van der Waals surface area contributed by atoms with Gasteiger partial charge in [-0.25, -0.2) is 0 Å². The van der Waals surface area contributed by atoms with Gasteiger partial charge in [0.2, 0.25) is 0 Å². The molecule has 5 aromatic carbocycles. The van der Waals surface area contributed by atoms with Crippen molar-refractivity contribution in [2.75, 3.05) is 0 Å². The summed E-state index contributed by atoms with van der Waals surface area (Å²) in [5.41, 5.74) is 1.07. The third-order valence-electron chi connectivity index (χ3n) is 5.04. The summed E-state index contributed by atoms with van der Waals surface area (Å²) in [4.78, 5) is 11.2. The Labute approximate surface area is 164 Å². The van der Waals surface area contributed by atoms with E-state index in [1.807, 2.05) is 30.3 Å². The van der Waals surface area contributed by atoms with E-state index in [2.05, 4.69) is 18.2 Å². The molecule has 0 bridgehead atoms. The predicted molar refractivity (Wildman–Crippen MR) is 112 cm³/mol. The van der Waals surface area contributed by atoms with Crippen molar-refractivity contribution in [3.8, 4) is 11.1 Å². The average Bonchev–Trinajstić information content (AvgIpc) is 2.66. The van der Waals surface area contributed by atoms with E-state index in [9.17, 15) is 10.1 Å². The monoisotopic (exact) mass is 391 g/mol. The maximum atomic E-state index is 11.7. The lowest BCUT2D eigenvalue weighted by atomic mass is 9.89. The molecule has 0 spiro atoms. The molecule has 0 saturated carbocycles. The molecule has 0 unspecified atom stereocenters. The summed E-state index contributed by atoms with van der Waals surface area (Å²) >= 11 is 12.8. The fourth-order valence-electron chi connectivity index (χ4n) is 3.94. The normalized spacial score (nSPS) is 11.6. The fraction of sp³-hybridized carbons (Fsp3) is 0. The molecular weight excluding hydrogens is 381 g/mol. The third-order valence-corrected chi connectivity index (χ3v) is 5.64. The van der Waals surface area contributed by atoms with E-state index >= 15 is 0 Å². The van der Waals surface area contributed by atoms with Gasteiger partial charge in [0.15, 0.2) is 0 Å². The van der Waals surface area contributed by atoms with Crippen LogP contribution in [-0.4, -0.2) is 4.92 Å². The van der Waals surface area contributed by atoms with Gasteiger partial charge in [-0.05, 0) is 50.7 Å². The van der Waals surface area contributed by atoms with Crippen LogP contribution < -0.4 is 0 Å². The zero-order valence-corrected chi connectivity index (χ0v) is 15.4. The number of benzene rings is 5. The summed E-state index contributed by atoms with van der Waals surface area (Å²) < 4.78 is 0. The molecule has 5 aromatic rings. The van der Waals surface area contributed by atoms with Crippen molar-refractivity contribution in [3.05, 3.63) is 86.9 Å². The topological polar surface area (TPSA) is 43.1 Å². The van der Waals surface area contributed by atoms with Crippen LogP contribution in [0.1, 0.15) is 0 Å². The van der Waals surface area contributed by atoms with Gasteiger partial charge in [0.25, 0.3) is 5.69 Å². The molecule has 0 aliphatic heterocycles. The zero-order valence-electron chi connectivity index (χ0n) is 13.9. The van der Waals surface area contributed by atoms with Crippen molar-refractivity contribution < 1.29 is 4.92 Å². The Morgan fingerprint density at radius 3 is 2.11 bits per heavy atom. The summed E-state index contributed by atoms with van der Waals surface area (Å²) in [5.74, 6) is 0. The van der Waals surface area contributed by atoms with E-state index in [0.717, 1.165) is 32.3 Å². The van der Waals surface area contributed by atoms with Gasteiger partial charge in [0.1, 0.15) is 5.02 Å². The third kappa shape index (κ3) is 2.29. The quantitative estimate of drug-likeness (QED) is 0.178. The van der Waals surface area contributed by atoms with Gasteiger partial charge in [0.05, 0.1) is 10.5 Å². The van der Waals surface area contributed by atoms with Gasteiger partial charge < -0.3 is 0 Å². The molecule has 0 N–H and O–H groups in total. The van der Waals surface area contributed by atoms with Crippen LogP contribution in [0.3, 0.4) is 0 Å². The lowest BCUT2D eigenvalue weighted by Crippen LogP contribution is -1.95. The van der Waals surface area contributed by atoms with Crippen LogP contribution in [0.25, 0.3) is 43.4 Å². The second-order valence-electron chi connectivity index (χ2n) is 6.48. The molecule has 27 heavy (non-hydrogen) atoms. The number of halogens is 2. The lowest BCUT2D eigenvalue weighted by Gasteiger charge is -2.16. The molecule has 3 nitrogen and oxygen atoms in total. The Balaban J connectivity index is 2.02. The first-order valence-electron chi connectivity index (χ1n) is 8.35. The SMILES string of the molecule is O=[N+]([O-])c1c(Cl)cccc1-c1ccc2ccc3cccc4cc(Cl)c1c2c34. The minimum Gasteiger partial charge on any atom is -0.258 e. The van der Waals surface area contributed by atoms with Gasteiger partial charge in [-0.15, -0.1) is 0 Å². The molecule has 0 heterocycles. The lowest BCUT2D eigenvalue weighted by molar-refractivity contribution is -0.384. The average molecular weight is 392 g/mol. The summed E-state index contributed by atoms with van der Waals surface area (Å²) in [6.45, 7) is 0. The molecule has 0 aliphatic rings. The van der Waals surface area contributed by atoms with Crippen molar-refractivity contribution in [1.82, 2.24) is 0 Å². The highest BCUT2D eigenvalue weighted by atomic mass is 35.5. The molecule has 0 fully saturated rings. The van der Waals surface area contributed by atoms with Crippen LogP contribution in [0.5, 0.6) is 0 Å². The van der Waals surface area contributed by atoms with E-state index in [-0.39, 0.29) is 10.7 Å². The molecule has 0 aromatic heterocycles. The Kier molecular flexibility index (Phi) is 3.51. The zero-order chi connectivity index (χ0) is 18.7. The summed E-state index contributed by atoms with van der Waals surface area (Å²) in [7, 11) is 0. The molecular formula is C22H11Cl2NO2. The molecule has 0 saturated heterocycles. The minimum absolute atomic E-state index is 0.106. The first-order valence-corrected chi connectivity index (χ1v) is 9.11. The highest BCUT2D eigenvalue weighted by molar-refractivity contribution is 6.41. The minimum atomic E-state index is -0.441. The van der Waals surface area contributed by atoms with Gasteiger partial charge in [-0.3, -0.25) is 10.1 Å². The molecule has 0 aliphatic carbocycles. The van der Waals surface area contributed by atoms with Crippen LogP contribution in [0.2, 0.25) is 10.0 Å². The van der Waals surface area contributed by atoms with Crippen molar-refractivity contribution >= 4 is 61.2 Å². The number of rotatable bonds is 2. The Hall–Kier alpha value is -2.88. The molecule has 0 radical (unpaired) electrons. The largest absolute Gasteiger partial charge is 0.295 e. The van der Waals surface area contributed by atoms with Crippen LogP contribution in [0.4, 0.5) is 5.69 Å². The number of nitro groups is 1. The Morgan fingerprint density at radius 2 is 1.33 bits per heavy atom. The number of nitrogens with zero attached hydrogens (tertiary/aromatic N) is 1. The highest BCUT2D eigenvalue weighted by Crippen LogP contribution is 2.45. The summed E-state index contributed by atoms with van der Waals surface area (Å²) in [6, 6.07) is 21.0. The Morgan fingerprint density at radius 1 is 0.667 bits per heavy atom. The van der Waals surface area contributed by atoms with E-state index in [1.165, 1.54) is 6.07 Å². The van der Waals surface area contributed by atoms with E-state index < -0.39 is 4.92 Å². The molecule has 5 rings (SSSR count). The van der Waals surface area contributed by atoms with Crippen LogP contribution in [0, 0.1) is 10.1 Å². The van der Waals surface area contributed by atoms with Crippen molar-refractivity contribution in [2.45, 2.75) is 0 Å². The Bertz CT molecular complexity index is 1380. The first kappa shape index (κ1) is 16.3. The maximum absolute atomic E-state index is 11.7. The van der Waals surface area contributed by atoms with Crippen LogP contribution in [-0.2, 0) is 0 Å². The van der Waals surface area contributed by atoms with E-state index in [1.54, 1.807) is 12.1 Å². The number of hydrogen-bond acceptors (Lipinski definition) is 2. The van der Waals surface area contributed by atoms with E-state index in [0.29, 0.717) is 16.1 Å². The first-order chi connectivity index (χ1) is 13.1. The number of nitro benzene ring substituents is 1. The predicted octanol–water partition coefficient (Wildman–Crippen LogP) is 7.47. The van der Waals surface area contributed by atoms with Crippen molar-refractivity contribution in [1.29, 1.82) is 0 Å². The summed E-state index contributed by atoms with van der Waals surface area (Å²) in [5, 5.41) is 18.5. The maximum Gasteiger partial charge on any atom is 0.295 e.